The maximum absolute atomic E-state index is 11.4. The molecular formula is C18H16N2O4. The number of ether oxygens (including phenoxy) is 2. The summed E-state index contributed by atoms with van der Waals surface area (Å²) in [5, 5.41) is 14.9. The van der Waals surface area contributed by atoms with E-state index in [9.17, 15) is 9.90 Å². The van der Waals surface area contributed by atoms with Gasteiger partial charge in [-0.15, -0.1) is 0 Å². The van der Waals surface area contributed by atoms with E-state index in [-0.39, 0.29) is 11.5 Å². The van der Waals surface area contributed by atoms with Gasteiger partial charge in [0.2, 0.25) is 5.75 Å². The summed E-state index contributed by atoms with van der Waals surface area (Å²) in [7, 11) is 2.92. The minimum atomic E-state index is -0.127. The number of carbonyl (C=O) groups excluding carboxylic acids is 1. The monoisotopic (exact) mass is 324 g/mol. The van der Waals surface area contributed by atoms with Crippen LogP contribution in [-0.4, -0.2) is 35.4 Å². The molecule has 1 N–H and O–H groups in total. The Morgan fingerprint density at radius 2 is 1.83 bits per heavy atom. The smallest absolute Gasteiger partial charge is 0.203 e. The van der Waals surface area contributed by atoms with E-state index in [1.54, 1.807) is 23.0 Å². The van der Waals surface area contributed by atoms with Gasteiger partial charge < -0.3 is 14.6 Å². The zero-order chi connectivity index (χ0) is 17.1. The molecule has 0 saturated carbocycles. The normalized spacial score (nSPS) is 10.4. The minimum Gasteiger partial charge on any atom is -0.504 e. The first-order valence-corrected chi connectivity index (χ1v) is 7.24. The molecule has 6 nitrogen and oxygen atoms in total. The lowest BCUT2D eigenvalue weighted by atomic mass is 10.1. The summed E-state index contributed by atoms with van der Waals surface area (Å²) in [6.07, 6.45) is 2.33. The van der Waals surface area contributed by atoms with Crippen LogP contribution in [0.1, 0.15) is 10.4 Å². The number of aromatic nitrogens is 2. The first kappa shape index (κ1) is 15.6. The zero-order valence-corrected chi connectivity index (χ0v) is 13.3. The third kappa shape index (κ3) is 2.58. The molecule has 0 unspecified atom stereocenters. The van der Waals surface area contributed by atoms with Crippen molar-refractivity contribution in [2.75, 3.05) is 14.2 Å². The maximum atomic E-state index is 11.4. The SMILES string of the molecule is COc1ccc(-c2nn(-c3ccccc3)cc2C=O)c(O)c1OC. The van der Waals surface area contributed by atoms with Crippen molar-refractivity contribution < 1.29 is 19.4 Å². The van der Waals surface area contributed by atoms with E-state index in [4.69, 9.17) is 9.47 Å². The lowest BCUT2D eigenvalue weighted by molar-refractivity contribution is 0.112. The summed E-state index contributed by atoms with van der Waals surface area (Å²) in [5.41, 5.74) is 1.94. The first-order chi connectivity index (χ1) is 11.7. The fourth-order valence-electron chi connectivity index (χ4n) is 2.50. The molecule has 0 fully saturated rings. The summed E-state index contributed by atoms with van der Waals surface area (Å²) in [6, 6.07) is 12.7. The second kappa shape index (κ2) is 6.45. The molecule has 6 heteroatoms. The summed E-state index contributed by atoms with van der Waals surface area (Å²) in [6.45, 7) is 0. The molecule has 0 atom stereocenters. The Morgan fingerprint density at radius 1 is 1.08 bits per heavy atom. The quantitative estimate of drug-likeness (QED) is 0.730. The van der Waals surface area contributed by atoms with E-state index in [0.29, 0.717) is 28.9 Å². The highest BCUT2D eigenvalue weighted by atomic mass is 16.5. The number of aromatic hydroxyl groups is 1. The molecule has 3 rings (SSSR count). The standard InChI is InChI=1S/C18H16N2O4/c1-23-15-9-8-14(17(22)18(15)24-2)16-12(11-21)10-20(19-16)13-6-4-3-5-7-13/h3-11,22H,1-2H3. The van der Waals surface area contributed by atoms with Crippen molar-refractivity contribution in [2.45, 2.75) is 0 Å². The molecule has 3 aromatic rings. The molecule has 0 aliphatic heterocycles. The molecule has 2 aromatic carbocycles. The van der Waals surface area contributed by atoms with Crippen LogP contribution < -0.4 is 9.47 Å². The molecule has 24 heavy (non-hydrogen) atoms. The first-order valence-electron chi connectivity index (χ1n) is 7.24. The average molecular weight is 324 g/mol. The van der Waals surface area contributed by atoms with Crippen LogP contribution in [0.4, 0.5) is 0 Å². The third-order valence-corrected chi connectivity index (χ3v) is 3.66. The van der Waals surface area contributed by atoms with Crippen LogP contribution in [0.5, 0.6) is 17.2 Å². The number of phenols is 1. The van der Waals surface area contributed by atoms with Gasteiger partial charge in [0.15, 0.2) is 17.8 Å². The number of carbonyl (C=O) groups is 1. The number of hydrogen-bond acceptors (Lipinski definition) is 5. The number of methoxy groups -OCH3 is 2. The van der Waals surface area contributed by atoms with Gasteiger partial charge in [0.25, 0.3) is 0 Å². The number of hydrogen-bond donors (Lipinski definition) is 1. The van der Waals surface area contributed by atoms with Crippen molar-refractivity contribution >= 4 is 6.29 Å². The van der Waals surface area contributed by atoms with Crippen molar-refractivity contribution in [1.29, 1.82) is 0 Å². The fourth-order valence-corrected chi connectivity index (χ4v) is 2.50. The zero-order valence-electron chi connectivity index (χ0n) is 13.3. The van der Waals surface area contributed by atoms with E-state index in [2.05, 4.69) is 5.10 Å². The number of nitrogens with zero attached hydrogens (tertiary/aromatic N) is 2. The van der Waals surface area contributed by atoms with Gasteiger partial charge in [-0.05, 0) is 24.3 Å². The predicted molar refractivity (Wildman–Crippen MR) is 89.2 cm³/mol. The van der Waals surface area contributed by atoms with Crippen molar-refractivity contribution in [2.24, 2.45) is 0 Å². The highest BCUT2D eigenvalue weighted by Crippen LogP contribution is 2.43. The number of rotatable bonds is 5. The van der Waals surface area contributed by atoms with Crippen molar-refractivity contribution in [3.05, 3.63) is 54.2 Å². The van der Waals surface area contributed by atoms with Crippen molar-refractivity contribution in [3.63, 3.8) is 0 Å². The molecule has 0 saturated heterocycles. The Hall–Kier alpha value is -3.28. The van der Waals surface area contributed by atoms with Crippen LogP contribution in [0.2, 0.25) is 0 Å². The lowest BCUT2D eigenvalue weighted by Gasteiger charge is -2.12. The molecule has 0 aliphatic carbocycles. The second-order valence-electron chi connectivity index (χ2n) is 5.03. The van der Waals surface area contributed by atoms with E-state index in [0.717, 1.165) is 5.69 Å². The van der Waals surface area contributed by atoms with Gasteiger partial charge in [-0.2, -0.15) is 5.10 Å². The Kier molecular flexibility index (Phi) is 4.20. The van der Waals surface area contributed by atoms with E-state index in [1.807, 2.05) is 30.3 Å². The average Bonchev–Trinajstić information content (AvgIpc) is 3.06. The Labute approximate surface area is 138 Å². The molecule has 122 valence electrons. The van der Waals surface area contributed by atoms with Crippen LogP contribution in [0.25, 0.3) is 16.9 Å². The van der Waals surface area contributed by atoms with Gasteiger partial charge >= 0.3 is 0 Å². The van der Waals surface area contributed by atoms with Gasteiger partial charge in [-0.25, -0.2) is 4.68 Å². The molecule has 1 aromatic heterocycles. The Bertz CT molecular complexity index is 872. The summed E-state index contributed by atoms with van der Waals surface area (Å²) < 4.78 is 11.9. The van der Waals surface area contributed by atoms with Gasteiger partial charge in [-0.1, -0.05) is 18.2 Å². The predicted octanol–water partition coefficient (Wildman–Crippen LogP) is 3.07. The van der Waals surface area contributed by atoms with Crippen LogP contribution in [0.3, 0.4) is 0 Å². The van der Waals surface area contributed by atoms with Gasteiger partial charge in [0.1, 0.15) is 5.69 Å². The number of aldehydes is 1. The second-order valence-corrected chi connectivity index (χ2v) is 5.03. The summed E-state index contributed by atoms with van der Waals surface area (Å²) >= 11 is 0. The molecule has 1 heterocycles. The fraction of sp³-hybridized carbons (Fsp3) is 0.111. The van der Waals surface area contributed by atoms with Crippen LogP contribution in [0.15, 0.2) is 48.7 Å². The largest absolute Gasteiger partial charge is 0.504 e. The van der Waals surface area contributed by atoms with E-state index >= 15 is 0 Å². The number of benzene rings is 2. The summed E-state index contributed by atoms with van der Waals surface area (Å²) in [4.78, 5) is 11.4. The third-order valence-electron chi connectivity index (χ3n) is 3.66. The Balaban J connectivity index is 2.17. The van der Waals surface area contributed by atoms with Crippen molar-refractivity contribution in [3.8, 4) is 34.2 Å². The Morgan fingerprint density at radius 3 is 2.46 bits per heavy atom. The highest BCUT2D eigenvalue weighted by Gasteiger charge is 2.20. The van der Waals surface area contributed by atoms with E-state index < -0.39 is 0 Å². The number of phenolic OH excluding ortho intramolecular Hbond substituents is 1. The van der Waals surface area contributed by atoms with Gasteiger partial charge in [-0.3, -0.25) is 4.79 Å². The number of para-hydroxylation sites is 1. The minimum absolute atomic E-state index is 0.127. The van der Waals surface area contributed by atoms with Gasteiger partial charge in [0, 0.05) is 11.8 Å². The molecule has 0 bridgehead atoms. The molecule has 0 spiro atoms. The molecule has 0 aliphatic rings. The summed E-state index contributed by atoms with van der Waals surface area (Å²) in [5.74, 6) is 0.466. The molecular weight excluding hydrogens is 308 g/mol. The van der Waals surface area contributed by atoms with E-state index in [1.165, 1.54) is 14.2 Å². The lowest BCUT2D eigenvalue weighted by Crippen LogP contribution is -1.95. The van der Waals surface area contributed by atoms with Gasteiger partial charge in [0.05, 0.1) is 25.5 Å². The molecule has 0 amide bonds. The molecule has 0 radical (unpaired) electrons. The topological polar surface area (TPSA) is 73.6 Å². The highest BCUT2D eigenvalue weighted by molar-refractivity contribution is 5.88. The van der Waals surface area contributed by atoms with Crippen LogP contribution in [-0.2, 0) is 0 Å². The maximum Gasteiger partial charge on any atom is 0.203 e. The van der Waals surface area contributed by atoms with Crippen LogP contribution >= 0.6 is 0 Å². The van der Waals surface area contributed by atoms with Crippen LogP contribution in [0, 0.1) is 0 Å². The van der Waals surface area contributed by atoms with Crippen molar-refractivity contribution in [1.82, 2.24) is 9.78 Å².